The van der Waals surface area contributed by atoms with Gasteiger partial charge in [-0.25, -0.2) is 0 Å². The fourth-order valence-corrected chi connectivity index (χ4v) is 4.61. The molecule has 0 spiro atoms. The van der Waals surface area contributed by atoms with Gasteiger partial charge in [0.05, 0.1) is 30.5 Å². The third-order valence-electron chi connectivity index (χ3n) is 6.32. The highest BCUT2D eigenvalue weighted by atomic mass is 16.5. The lowest BCUT2D eigenvalue weighted by Gasteiger charge is -2.40. The summed E-state index contributed by atoms with van der Waals surface area (Å²) in [7, 11) is 0. The molecule has 2 aliphatic heterocycles. The summed E-state index contributed by atoms with van der Waals surface area (Å²) in [6, 6.07) is 24.8. The molecule has 0 aliphatic carbocycles. The SMILES string of the molecule is CCCNC(=O)[C@H]1CN(CC(=O)N2c3ccccc3OC[C@H]2c2ccccc2)c2ccccc2O1. The Kier molecular flexibility index (Phi) is 6.57. The van der Waals surface area contributed by atoms with Crippen LogP contribution in [-0.2, 0) is 9.59 Å². The number of anilines is 2. The number of benzene rings is 3. The molecule has 35 heavy (non-hydrogen) atoms. The minimum absolute atomic E-state index is 0.0703. The topological polar surface area (TPSA) is 71.1 Å². The van der Waals surface area contributed by atoms with Crippen LogP contribution in [0.5, 0.6) is 11.5 Å². The zero-order valence-corrected chi connectivity index (χ0v) is 19.7. The Morgan fingerprint density at radius 2 is 1.60 bits per heavy atom. The van der Waals surface area contributed by atoms with Crippen molar-refractivity contribution in [3.05, 3.63) is 84.4 Å². The van der Waals surface area contributed by atoms with Gasteiger partial charge in [0, 0.05) is 6.54 Å². The summed E-state index contributed by atoms with van der Waals surface area (Å²) in [5, 5.41) is 2.91. The van der Waals surface area contributed by atoms with E-state index in [1.807, 2.05) is 95.6 Å². The van der Waals surface area contributed by atoms with E-state index in [0.29, 0.717) is 31.2 Å². The molecule has 2 atom stereocenters. The first-order valence-electron chi connectivity index (χ1n) is 12.0. The summed E-state index contributed by atoms with van der Waals surface area (Å²) in [6.45, 7) is 3.36. The molecule has 0 aromatic heterocycles. The number of hydrogen-bond donors (Lipinski definition) is 1. The van der Waals surface area contributed by atoms with Crippen LogP contribution in [0, 0.1) is 0 Å². The fraction of sp³-hybridized carbons (Fsp3) is 0.286. The van der Waals surface area contributed by atoms with Crippen molar-refractivity contribution in [3.8, 4) is 11.5 Å². The van der Waals surface area contributed by atoms with Crippen molar-refractivity contribution in [2.75, 3.05) is 36.0 Å². The van der Waals surface area contributed by atoms with Crippen LogP contribution in [0.15, 0.2) is 78.9 Å². The molecule has 0 unspecified atom stereocenters. The van der Waals surface area contributed by atoms with Gasteiger partial charge in [0.1, 0.15) is 18.1 Å². The maximum Gasteiger partial charge on any atom is 0.262 e. The fourth-order valence-electron chi connectivity index (χ4n) is 4.61. The van der Waals surface area contributed by atoms with Crippen molar-refractivity contribution in [1.82, 2.24) is 5.32 Å². The second kappa shape index (κ2) is 10.1. The van der Waals surface area contributed by atoms with Gasteiger partial charge in [-0.05, 0) is 36.2 Å². The second-order valence-corrected chi connectivity index (χ2v) is 8.71. The van der Waals surface area contributed by atoms with Gasteiger partial charge in [-0.15, -0.1) is 0 Å². The smallest absolute Gasteiger partial charge is 0.262 e. The molecular formula is C28H29N3O4. The standard InChI is InChI=1S/C28H29N3O4/c1-2-16-29-28(33)26-17-30(21-12-6-9-15-25(21)35-26)18-27(32)31-22-13-7-8-14-24(22)34-19-23(31)20-10-4-3-5-11-20/h3-15,23,26H,2,16-19H2,1H3,(H,29,33)/t23-,26+/m0/s1. The zero-order chi connectivity index (χ0) is 24.2. The van der Waals surface area contributed by atoms with Crippen LogP contribution < -0.4 is 24.6 Å². The molecule has 2 amide bonds. The summed E-state index contributed by atoms with van der Waals surface area (Å²) in [5.74, 6) is 1.05. The highest BCUT2D eigenvalue weighted by Gasteiger charge is 2.36. The predicted octanol–water partition coefficient (Wildman–Crippen LogP) is 3.95. The van der Waals surface area contributed by atoms with Crippen molar-refractivity contribution < 1.29 is 19.1 Å². The lowest BCUT2D eigenvalue weighted by Crippen LogP contribution is -2.52. The van der Waals surface area contributed by atoms with E-state index in [1.165, 1.54) is 0 Å². The molecule has 0 radical (unpaired) electrons. The van der Waals surface area contributed by atoms with Crippen LogP contribution in [0.1, 0.15) is 24.9 Å². The van der Waals surface area contributed by atoms with Crippen LogP contribution in [0.25, 0.3) is 0 Å². The van der Waals surface area contributed by atoms with Gasteiger partial charge in [0.15, 0.2) is 6.10 Å². The number of fused-ring (bicyclic) bond motifs is 2. The summed E-state index contributed by atoms with van der Waals surface area (Å²) in [4.78, 5) is 30.5. The number of nitrogens with one attached hydrogen (secondary N) is 1. The Hall–Kier alpha value is -4.00. The minimum Gasteiger partial charge on any atom is -0.489 e. The average Bonchev–Trinajstić information content (AvgIpc) is 2.91. The molecule has 5 rings (SSSR count). The Bertz CT molecular complexity index is 1200. The molecule has 0 bridgehead atoms. The first-order chi connectivity index (χ1) is 17.2. The lowest BCUT2D eigenvalue weighted by molar-refractivity contribution is -0.128. The summed E-state index contributed by atoms with van der Waals surface area (Å²) in [6.07, 6.45) is 0.153. The van der Waals surface area contributed by atoms with Crippen LogP contribution in [-0.4, -0.2) is 44.2 Å². The molecule has 3 aromatic carbocycles. The average molecular weight is 472 g/mol. The third-order valence-corrected chi connectivity index (χ3v) is 6.32. The number of para-hydroxylation sites is 4. The Balaban J connectivity index is 1.45. The van der Waals surface area contributed by atoms with Crippen LogP contribution in [0.4, 0.5) is 11.4 Å². The van der Waals surface area contributed by atoms with Gasteiger partial charge in [0.25, 0.3) is 5.91 Å². The third kappa shape index (κ3) is 4.67. The minimum atomic E-state index is -0.689. The van der Waals surface area contributed by atoms with E-state index < -0.39 is 6.10 Å². The number of amides is 2. The van der Waals surface area contributed by atoms with E-state index in [9.17, 15) is 9.59 Å². The van der Waals surface area contributed by atoms with Crippen LogP contribution >= 0.6 is 0 Å². The molecule has 3 aromatic rings. The maximum atomic E-state index is 14.0. The highest BCUT2D eigenvalue weighted by molar-refractivity contribution is 5.99. The molecule has 2 heterocycles. The van der Waals surface area contributed by atoms with E-state index in [1.54, 1.807) is 0 Å². The first kappa shape index (κ1) is 22.8. The Morgan fingerprint density at radius 3 is 2.37 bits per heavy atom. The van der Waals surface area contributed by atoms with E-state index in [2.05, 4.69) is 5.32 Å². The molecule has 2 aliphatic rings. The molecule has 1 N–H and O–H groups in total. The Morgan fingerprint density at radius 1 is 0.914 bits per heavy atom. The number of carbonyl (C=O) groups excluding carboxylic acids is 2. The van der Waals surface area contributed by atoms with Crippen molar-refractivity contribution in [2.24, 2.45) is 0 Å². The van der Waals surface area contributed by atoms with Gasteiger partial charge < -0.3 is 19.7 Å². The molecule has 0 fully saturated rings. The molecule has 0 saturated carbocycles. The van der Waals surface area contributed by atoms with E-state index in [-0.39, 0.29) is 24.4 Å². The lowest BCUT2D eigenvalue weighted by atomic mass is 10.0. The molecule has 7 heteroatoms. The van der Waals surface area contributed by atoms with Crippen LogP contribution in [0.3, 0.4) is 0 Å². The predicted molar refractivity (Wildman–Crippen MR) is 135 cm³/mol. The first-order valence-corrected chi connectivity index (χ1v) is 12.0. The Labute approximate surface area is 205 Å². The van der Waals surface area contributed by atoms with Crippen molar-refractivity contribution in [2.45, 2.75) is 25.5 Å². The quantitative estimate of drug-likeness (QED) is 0.590. The number of carbonyl (C=O) groups is 2. The second-order valence-electron chi connectivity index (χ2n) is 8.71. The van der Waals surface area contributed by atoms with Crippen LogP contribution in [0.2, 0.25) is 0 Å². The van der Waals surface area contributed by atoms with Crippen molar-refractivity contribution in [1.29, 1.82) is 0 Å². The highest BCUT2D eigenvalue weighted by Crippen LogP contribution is 2.40. The monoisotopic (exact) mass is 471 g/mol. The summed E-state index contributed by atoms with van der Waals surface area (Å²) in [5.41, 5.74) is 2.56. The summed E-state index contributed by atoms with van der Waals surface area (Å²) < 4.78 is 12.0. The summed E-state index contributed by atoms with van der Waals surface area (Å²) >= 11 is 0. The van der Waals surface area contributed by atoms with Crippen molar-refractivity contribution >= 4 is 23.2 Å². The van der Waals surface area contributed by atoms with Gasteiger partial charge in [-0.1, -0.05) is 61.5 Å². The molecule has 0 saturated heterocycles. The van der Waals surface area contributed by atoms with E-state index in [4.69, 9.17) is 9.47 Å². The van der Waals surface area contributed by atoms with Gasteiger partial charge in [-0.2, -0.15) is 0 Å². The number of ether oxygens (including phenoxy) is 2. The van der Waals surface area contributed by atoms with Gasteiger partial charge in [0.2, 0.25) is 5.91 Å². The number of hydrogen-bond acceptors (Lipinski definition) is 5. The molecular weight excluding hydrogens is 442 g/mol. The van der Waals surface area contributed by atoms with Crippen molar-refractivity contribution in [3.63, 3.8) is 0 Å². The van der Waals surface area contributed by atoms with E-state index in [0.717, 1.165) is 23.4 Å². The zero-order valence-electron chi connectivity index (χ0n) is 19.7. The number of rotatable bonds is 6. The number of nitrogens with zero attached hydrogens (tertiary/aromatic N) is 2. The largest absolute Gasteiger partial charge is 0.489 e. The van der Waals surface area contributed by atoms with Gasteiger partial charge >= 0.3 is 0 Å². The molecule has 180 valence electrons. The normalized spacial score (nSPS) is 18.5. The maximum absolute atomic E-state index is 14.0. The molecule has 7 nitrogen and oxygen atoms in total. The van der Waals surface area contributed by atoms with Gasteiger partial charge in [-0.3, -0.25) is 14.5 Å². The van der Waals surface area contributed by atoms with E-state index >= 15 is 0 Å².